The first-order chi connectivity index (χ1) is 12.3. The van der Waals surface area contributed by atoms with Crippen LogP contribution in [-0.2, 0) is 15.7 Å². The first kappa shape index (κ1) is 21.3. The van der Waals surface area contributed by atoms with Gasteiger partial charge in [0.05, 0.1) is 17.3 Å². The van der Waals surface area contributed by atoms with E-state index < -0.39 is 36.0 Å². The number of hydrogen-bond acceptors (Lipinski definition) is 4. The molecule has 1 aromatic rings. The molecule has 1 heterocycles. The Morgan fingerprint density at radius 3 is 2.04 bits per heavy atom. The summed E-state index contributed by atoms with van der Waals surface area (Å²) in [6, 6.07) is 8.98. The Balaban J connectivity index is 2.16. The number of hydrogen-bond donors (Lipinski definition) is 1. The fourth-order valence-electron chi connectivity index (χ4n) is 3.10. The van der Waals surface area contributed by atoms with Crippen molar-refractivity contribution in [1.29, 1.82) is 5.26 Å². The molecule has 6 nitrogen and oxygen atoms in total. The van der Waals surface area contributed by atoms with Crippen molar-refractivity contribution in [3.05, 3.63) is 29.8 Å². The standard InChI is InChI=1S/C20H29BN2O4/c1-18(2,3)23(17(24)25)16(13-22)12-14-8-10-15(11-9-14)21-26-19(4,5)20(6,7)27-21/h8-11,16H,12H2,1-7H3,(H,24,25). The van der Waals surface area contributed by atoms with Gasteiger partial charge in [-0.05, 0) is 59.5 Å². The highest BCUT2D eigenvalue weighted by Crippen LogP contribution is 2.36. The topological polar surface area (TPSA) is 82.8 Å². The van der Waals surface area contributed by atoms with Crippen molar-refractivity contribution < 1.29 is 19.2 Å². The molecule has 1 amide bonds. The highest BCUT2D eigenvalue weighted by atomic mass is 16.7. The lowest BCUT2D eigenvalue weighted by Crippen LogP contribution is -2.51. The Morgan fingerprint density at radius 1 is 1.19 bits per heavy atom. The number of amides is 1. The van der Waals surface area contributed by atoms with Crippen molar-refractivity contribution in [2.45, 2.75) is 77.7 Å². The van der Waals surface area contributed by atoms with Crippen LogP contribution in [-0.4, -0.2) is 46.0 Å². The Bertz CT molecular complexity index is 716. The first-order valence-corrected chi connectivity index (χ1v) is 9.15. The van der Waals surface area contributed by atoms with E-state index in [-0.39, 0.29) is 0 Å². The normalized spacial score (nSPS) is 19.4. The van der Waals surface area contributed by atoms with Gasteiger partial charge in [0.25, 0.3) is 0 Å². The molecule has 0 saturated carbocycles. The van der Waals surface area contributed by atoms with Crippen molar-refractivity contribution in [2.75, 3.05) is 0 Å². The van der Waals surface area contributed by atoms with Crippen molar-refractivity contribution in [1.82, 2.24) is 4.90 Å². The summed E-state index contributed by atoms with van der Waals surface area (Å²) in [4.78, 5) is 12.8. The third-order valence-corrected chi connectivity index (χ3v) is 5.32. The predicted molar refractivity (Wildman–Crippen MR) is 105 cm³/mol. The van der Waals surface area contributed by atoms with Crippen molar-refractivity contribution >= 4 is 18.7 Å². The molecule has 0 spiro atoms. The van der Waals surface area contributed by atoms with Crippen LogP contribution in [0.5, 0.6) is 0 Å². The Labute approximate surface area is 162 Å². The van der Waals surface area contributed by atoms with Crippen LogP contribution >= 0.6 is 0 Å². The SMILES string of the molecule is CC(C)(C)N(C(=O)O)C(C#N)Cc1ccc(B2OC(C)(C)C(C)(C)O2)cc1. The smallest absolute Gasteiger partial charge is 0.465 e. The van der Waals surface area contributed by atoms with Gasteiger partial charge in [-0.2, -0.15) is 5.26 Å². The summed E-state index contributed by atoms with van der Waals surface area (Å²) in [6.07, 6.45) is -0.771. The largest absolute Gasteiger partial charge is 0.494 e. The van der Waals surface area contributed by atoms with E-state index in [9.17, 15) is 15.2 Å². The highest BCUT2D eigenvalue weighted by molar-refractivity contribution is 6.62. The molecule has 1 aliphatic heterocycles. The molecule has 0 bridgehead atoms. The minimum absolute atomic E-state index is 0.323. The molecule has 0 aromatic heterocycles. The van der Waals surface area contributed by atoms with Gasteiger partial charge in [0.1, 0.15) is 6.04 Å². The van der Waals surface area contributed by atoms with Crippen LogP contribution in [0.3, 0.4) is 0 Å². The van der Waals surface area contributed by atoms with Crippen molar-refractivity contribution in [3.8, 4) is 6.07 Å². The number of carbonyl (C=O) groups is 1. The van der Waals surface area contributed by atoms with Gasteiger partial charge >= 0.3 is 13.2 Å². The summed E-state index contributed by atoms with van der Waals surface area (Å²) in [5.74, 6) is 0. The zero-order chi connectivity index (χ0) is 20.6. The van der Waals surface area contributed by atoms with E-state index in [1.165, 1.54) is 4.90 Å². The maximum absolute atomic E-state index is 11.6. The summed E-state index contributed by atoms with van der Waals surface area (Å²) in [6.45, 7) is 13.4. The number of nitriles is 1. The van der Waals surface area contributed by atoms with Crippen LogP contribution in [0.1, 0.15) is 54.0 Å². The fraction of sp³-hybridized carbons (Fsp3) is 0.600. The first-order valence-electron chi connectivity index (χ1n) is 9.15. The maximum atomic E-state index is 11.6. The number of benzene rings is 1. The molecule has 1 unspecified atom stereocenters. The molecule has 1 saturated heterocycles. The Kier molecular flexibility index (Phi) is 5.65. The van der Waals surface area contributed by atoms with Crippen LogP contribution in [0.4, 0.5) is 4.79 Å². The van der Waals surface area contributed by atoms with E-state index in [0.29, 0.717) is 6.42 Å². The second-order valence-corrected chi connectivity index (χ2v) is 9.00. The van der Waals surface area contributed by atoms with Gasteiger partial charge in [0, 0.05) is 12.0 Å². The molecule has 7 heteroatoms. The van der Waals surface area contributed by atoms with Gasteiger partial charge in [-0.15, -0.1) is 0 Å². The molecular weight excluding hydrogens is 343 g/mol. The van der Waals surface area contributed by atoms with Gasteiger partial charge in [0.15, 0.2) is 0 Å². The summed E-state index contributed by atoms with van der Waals surface area (Å²) < 4.78 is 12.1. The second-order valence-electron chi connectivity index (χ2n) is 9.00. The molecule has 146 valence electrons. The fourth-order valence-corrected chi connectivity index (χ4v) is 3.10. The van der Waals surface area contributed by atoms with Gasteiger partial charge in [-0.25, -0.2) is 4.79 Å². The summed E-state index contributed by atoms with van der Waals surface area (Å²) in [5, 5.41) is 19.0. The van der Waals surface area contributed by atoms with E-state index in [1.807, 2.05) is 52.0 Å². The molecule has 1 atom stereocenters. The van der Waals surface area contributed by atoms with Gasteiger partial charge < -0.3 is 14.4 Å². The molecule has 1 fully saturated rings. The van der Waals surface area contributed by atoms with Crippen molar-refractivity contribution in [2.24, 2.45) is 0 Å². The zero-order valence-electron chi connectivity index (χ0n) is 17.2. The third kappa shape index (κ3) is 4.45. The number of carboxylic acid groups (broad SMARTS) is 1. The average Bonchev–Trinajstić information content (AvgIpc) is 2.73. The van der Waals surface area contributed by atoms with Crippen LogP contribution < -0.4 is 5.46 Å². The van der Waals surface area contributed by atoms with Crippen LogP contribution in [0.2, 0.25) is 0 Å². The number of nitrogens with zero attached hydrogens (tertiary/aromatic N) is 2. The van der Waals surface area contributed by atoms with Gasteiger partial charge in [-0.3, -0.25) is 4.90 Å². The Morgan fingerprint density at radius 2 is 1.67 bits per heavy atom. The molecular formula is C20H29BN2O4. The number of rotatable bonds is 4. The average molecular weight is 372 g/mol. The third-order valence-electron chi connectivity index (χ3n) is 5.32. The minimum atomic E-state index is -1.09. The molecule has 0 aliphatic carbocycles. The Hall–Kier alpha value is -2.04. The minimum Gasteiger partial charge on any atom is -0.465 e. The van der Waals surface area contributed by atoms with E-state index in [2.05, 4.69) is 6.07 Å². The molecule has 27 heavy (non-hydrogen) atoms. The lowest BCUT2D eigenvalue weighted by molar-refractivity contribution is 0.00578. The summed E-state index contributed by atoms with van der Waals surface area (Å²) >= 11 is 0. The van der Waals surface area contributed by atoms with Crippen LogP contribution in [0.15, 0.2) is 24.3 Å². The van der Waals surface area contributed by atoms with E-state index >= 15 is 0 Å². The molecule has 1 N–H and O–H groups in total. The zero-order valence-corrected chi connectivity index (χ0v) is 17.2. The highest BCUT2D eigenvalue weighted by Gasteiger charge is 2.51. The monoisotopic (exact) mass is 372 g/mol. The molecule has 1 aliphatic rings. The lowest BCUT2D eigenvalue weighted by atomic mass is 9.78. The molecule has 0 radical (unpaired) electrons. The predicted octanol–water partition coefficient (Wildman–Crippen LogP) is 3.20. The molecule has 2 rings (SSSR count). The van der Waals surface area contributed by atoms with E-state index in [1.54, 1.807) is 20.8 Å². The van der Waals surface area contributed by atoms with Gasteiger partial charge in [0.2, 0.25) is 0 Å². The lowest BCUT2D eigenvalue weighted by Gasteiger charge is -2.36. The summed E-state index contributed by atoms with van der Waals surface area (Å²) in [7, 11) is -0.444. The van der Waals surface area contributed by atoms with E-state index in [0.717, 1.165) is 11.0 Å². The van der Waals surface area contributed by atoms with E-state index in [4.69, 9.17) is 9.31 Å². The quantitative estimate of drug-likeness (QED) is 0.821. The summed E-state index contributed by atoms with van der Waals surface area (Å²) in [5.41, 5.74) is 0.317. The van der Waals surface area contributed by atoms with Crippen LogP contribution in [0.25, 0.3) is 0 Å². The maximum Gasteiger partial charge on any atom is 0.494 e. The second kappa shape index (κ2) is 7.18. The van der Waals surface area contributed by atoms with Gasteiger partial charge in [-0.1, -0.05) is 24.3 Å². The molecule has 1 aromatic carbocycles. The van der Waals surface area contributed by atoms with Crippen LogP contribution in [0, 0.1) is 11.3 Å². The van der Waals surface area contributed by atoms with Crippen molar-refractivity contribution in [3.63, 3.8) is 0 Å².